The first-order valence-electron chi connectivity index (χ1n) is 5.60. The van der Waals surface area contributed by atoms with E-state index in [1.54, 1.807) is 7.11 Å². The molecule has 0 spiro atoms. The van der Waals surface area contributed by atoms with Crippen molar-refractivity contribution in [2.45, 2.75) is 38.1 Å². The lowest BCUT2D eigenvalue weighted by Gasteiger charge is -2.32. The zero-order valence-corrected chi connectivity index (χ0v) is 9.67. The summed E-state index contributed by atoms with van der Waals surface area (Å²) in [7, 11) is 1.64. The second-order valence-electron chi connectivity index (χ2n) is 4.20. The van der Waals surface area contributed by atoms with Gasteiger partial charge in [-0.25, -0.2) is 0 Å². The molecule has 4 heteroatoms. The summed E-state index contributed by atoms with van der Waals surface area (Å²) in [6.45, 7) is 3.91. The highest BCUT2D eigenvalue weighted by molar-refractivity contribution is 5.80. The van der Waals surface area contributed by atoms with E-state index in [0.717, 1.165) is 32.2 Å². The molecule has 0 aromatic carbocycles. The molecule has 1 atom stereocenters. The predicted molar refractivity (Wildman–Crippen MR) is 57.7 cm³/mol. The minimum atomic E-state index is -0.467. The van der Waals surface area contributed by atoms with Crippen LogP contribution in [0.3, 0.4) is 0 Å². The zero-order chi connectivity index (χ0) is 11.1. The Balaban J connectivity index is 2.25. The van der Waals surface area contributed by atoms with Crippen LogP contribution in [0.25, 0.3) is 0 Å². The van der Waals surface area contributed by atoms with Crippen molar-refractivity contribution in [3.05, 3.63) is 0 Å². The number of carbonyl (C=O) groups excluding carboxylic acids is 1. The number of esters is 1. The quantitative estimate of drug-likeness (QED) is 0.551. The minimum Gasteiger partial charge on any atom is -0.464 e. The summed E-state index contributed by atoms with van der Waals surface area (Å²) in [5.74, 6) is -0.127. The van der Waals surface area contributed by atoms with Crippen molar-refractivity contribution in [3.63, 3.8) is 0 Å². The number of hydrogen-bond acceptors (Lipinski definition) is 4. The number of hydrogen-bond donors (Lipinski definition) is 1. The summed E-state index contributed by atoms with van der Waals surface area (Å²) in [5.41, 5.74) is -0.467. The third-order valence-electron chi connectivity index (χ3n) is 2.80. The average Bonchev–Trinajstić information content (AvgIpc) is 2.25. The van der Waals surface area contributed by atoms with Crippen molar-refractivity contribution >= 4 is 5.97 Å². The molecule has 0 aromatic heterocycles. The van der Waals surface area contributed by atoms with Crippen LogP contribution in [0.4, 0.5) is 0 Å². The van der Waals surface area contributed by atoms with E-state index in [9.17, 15) is 4.79 Å². The molecule has 1 unspecified atom stereocenters. The normalized spacial score (nSPS) is 26.3. The largest absolute Gasteiger partial charge is 0.464 e. The number of piperidine rings is 1. The molecule has 1 aliphatic rings. The Labute approximate surface area is 91.3 Å². The van der Waals surface area contributed by atoms with Gasteiger partial charge in [-0.15, -0.1) is 0 Å². The average molecular weight is 215 g/mol. The Bertz CT molecular complexity index is 200. The summed E-state index contributed by atoms with van der Waals surface area (Å²) in [4.78, 5) is 11.8. The molecule has 1 heterocycles. The maximum Gasteiger partial charge on any atom is 0.326 e. The molecule has 0 aliphatic carbocycles. The second-order valence-corrected chi connectivity index (χ2v) is 4.20. The first-order valence-corrected chi connectivity index (χ1v) is 5.60. The van der Waals surface area contributed by atoms with Gasteiger partial charge in [0.05, 0.1) is 6.61 Å². The van der Waals surface area contributed by atoms with Gasteiger partial charge >= 0.3 is 5.97 Å². The number of rotatable bonds is 5. The summed E-state index contributed by atoms with van der Waals surface area (Å²) >= 11 is 0. The fourth-order valence-electron chi connectivity index (χ4n) is 1.76. The molecule has 0 bridgehead atoms. The lowest BCUT2D eigenvalue weighted by molar-refractivity contribution is -0.152. The summed E-state index contributed by atoms with van der Waals surface area (Å²) in [5, 5.41) is 3.23. The molecule has 1 saturated heterocycles. The number of carbonyl (C=O) groups is 1. The van der Waals surface area contributed by atoms with Gasteiger partial charge in [0.1, 0.15) is 5.54 Å². The molecule has 1 N–H and O–H groups in total. The lowest BCUT2D eigenvalue weighted by Crippen LogP contribution is -2.53. The fraction of sp³-hybridized carbons (Fsp3) is 0.909. The van der Waals surface area contributed by atoms with Crippen LogP contribution in [0.15, 0.2) is 0 Å². The van der Waals surface area contributed by atoms with Crippen LogP contribution in [-0.4, -0.2) is 38.4 Å². The van der Waals surface area contributed by atoms with Crippen LogP contribution in [-0.2, 0) is 14.3 Å². The Hall–Kier alpha value is -0.610. The van der Waals surface area contributed by atoms with Crippen molar-refractivity contribution < 1.29 is 14.3 Å². The summed E-state index contributed by atoms with van der Waals surface area (Å²) < 4.78 is 10.1. The van der Waals surface area contributed by atoms with Gasteiger partial charge in [-0.05, 0) is 32.7 Å². The predicted octanol–water partition coefficient (Wildman–Crippen LogP) is 1.10. The highest BCUT2D eigenvalue weighted by Crippen LogP contribution is 2.20. The smallest absolute Gasteiger partial charge is 0.326 e. The van der Waals surface area contributed by atoms with Crippen LogP contribution >= 0.6 is 0 Å². The Morgan fingerprint density at radius 3 is 2.80 bits per heavy atom. The maximum absolute atomic E-state index is 11.8. The molecule has 0 amide bonds. The van der Waals surface area contributed by atoms with Gasteiger partial charge in [-0.1, -0.05) is 0 Å². The van der Waals surface area contributed by atoms with Gasteiger partial charge in [-0.2, -0.15) is 0 Å². The zero-order valence-electron chi connectivity index (χ0n) is 9.67. The Morgan fingerprint density at radius 2 is 2.20 bits per heavy atom. The minimum absolute atomic E-state index is 0.127. The third-order valence-corrected chi connectivity index (χ3v) is 2.80. The van der Waals surface area contributed by atoms with E-state index in [0.29, 0.717) is 13.2 Å². The molecule has 0 aromatic rings. The molecule has 88 valence electrons. The molecule has 1 rings (SSSR count). The maximum atomic E-state index is 11.8. The number of methoxy groups -OCH3 is 1. The SMILES string of the molecule is COCCCOC(=O)C1(C)CCCCN1. The van der Waals surface area contributed by atoms with Crippen LogP contribution in [0.5, 0.6) is 0 Å². The van der Waals surface area contributed by atoms with E-state index in [2.05, 4.69) is 5.32 Å². The van der Waals surface area contributed by atoms with E-state index in [4.69, 9.17) is 9.47 Å². The second kappa shape index (κ2) is 6.08. The van der Waals surface area contributed by atoms with Gasteiger partial charge < -0.3 is 14.8 Å². The van der Waals surface area contributed by atoms with E-state index in [1.165, 1.54) is 0 Å². The first-order chi connectivity index (χ1) is 7.19. The van der Waals surface area contributed by atoms with Gasteiger partial charge in [0.2, 0.25) is 0 Å². The standard InChI is InChI=1S/C11H21NO3/c1-11(6-3-4-7-12-11)10(13)15-9-5-8-14-2/h12H,3-9H2,1-2H3. The molecular formula is C11H21NO3. The summed E-state index contributed by atoms with van der Waals surface area (Å²) in [6.07, 6.45) is 3.87. The topological polar surface area (TPSA) is 47.6 Å². The molecule has 4 nitrogen and oxygen atoms in total. The monoisotopic (exact) mass is 215 g/mol. The van der Waals surface area contributed by atoms with E-state index in [1.807, 2.05) is 6.92 Å². The van der Waals surface area contributed by atoms with Gasteiger partial charge in [0, 0.05) is 20.1 Å². The van der Waals surface area contributed by atoms with Gasteiger partial charge in [0.25, 0.3) is 0 Å². The van der Waals surface area contributed by atoms with Crippen LogP contribution in [0, 0.1) is 0 Å². The van der Waals surface area contributed by atoms with Crippen molar-refractivity contribution in [1.29, 1.82) is 0 Å². The van der Waals surface area contributed by atoms with Crippen molar-refractivity contribution in [3.8, 4) is 0 Å². The van der Waals surface area contributed by atoms with E-state index >= 15 is 0 Å². The number of ether oxygens (including phenoxy) is 2. The molecule has 0 saturated carbocycles. The highest BCUT2D eigenvalue weighted by atomic mass is 16.5. The summed E-state index contributed by atoms with van der Waals surface area (Å²) in [6, 6.07) is 0. The van der Waals surface area contributed by atoms with Crippen molar-refractivity contribution in [2.24, 2.45) is 0 Å². The molecule has 15 heavy (non-hydrogen) atoms. The van der Waals surface area contributed by atoms with Crippen LogP contribution < -0.4 is 5.32 Å². The van der Waals surface area contributed by atoms with Gasteiger partial charge in [-0.3, -0.25) is 4.79 Å². The van der Waals surface area contributed by atoms with Crippen LogP contribution in [0.1, 0.15) is 32.6 Å². The molecule has 1 fully saturated rings. The fourth-order valence-corrected chi connectivity index (χ4v) is 1.76. The van der Waals surface area contributed by atoms with E-state index < -0.39 is 5.54 Å². The molecular weight excluding hydrogens is 194 g/mol. The van der Waals surface area contributed by atoms with Gasteiger partial charge in [0.15, 0.2) is 0 Å². The Kier molecular flexibility index (Phi) is 5.05. The lowest BCUT2D eigenvalue weighted by atomic mass is 9.91. The number of nitrogens with one attached hydrogen (secondary N) is 1. The van der Waals surface area contributed by atoms with Crippen LogP contribution in [0.2, 0.25) is 0 Å². The molecule has 0 radical (unpaired) electrons. The van der Waals surface area contributed by atoms with E-state index in [-0.39, 0.29) is 5.97 Å². The highest BCUT2D eigenvalue weighted by Gasteiger charge is 2.35. The Morgan fingerprint density at radius 1 is 1.40 bits per heavy atom. The third kappa shape index (κ3) is 3.80. The first kappa shape index (κ1) is 12.5. The van der Waals surface area contributed by atoms with Crippen molar-refractivity contribution in [2.75, 3.05) is 26.9 Å². The van der Waals surface area contributed by atoms with Crippen molar-refractivity contribution in [1.82, 2.24) is 5.32 Å². The molecule has 1 aliphatic heterocycles.